The average molecular weight is 571 g/mol. The van der Waals surface area contributed by atoms with Crippen LogP contribution in [0, 0.1) is 11.8 Å². The first-order chi connectivity index (χ1) is 15.4. The lowest BCUT2D eigenvalue weighted by molar-refractivity contribution is -0.123. The van der Waals surface area contributed by atoms with Crippen molar-refractivity contribution in [2.24, 2.45) is 22.6 Å². The van der Waals surface area contributed by atoms with Gasteiger partial charge < -0.3 is 21.3 Å². The Balaban J connectivity index is 0.00000385. The number of amides is 1. The highest BCUT2D eigenvalue weighted by atomic mass is 127. The van der Waals surface area contributed by atoms with E-state index in [0.29, 0.717) is 6.04 Å². The molecule has 1 aromatic rings. The molecular formula is C25H43IN6O. The summed E-state index contributed by atoms with van der Waals surface area (Å²) in [6.45, 7) is 11.5. The molecule has 2 aliphatic rings. The van der Waals surface area contributed by atoms with Crippen LogP contribution in [0.25, 0.3) is 0 Å². The molecule has 2 fully saturated rings. The lowest BCUT2D eigenvalue weighted by Gasteiger charge is -2.34. The fourth-order valence-corrected chi connectivity index (χ4v) is 4.88. The third-order valence-corrected chi connectivity index (χ3v) is 6.54. The van der Waals surface area contributed by atoms with Crippen molar-refractivity contribution in [3.8, 4) is 0 Å². The molecule has 2 saturated heterocycles. The van der Waals surface area contributed by atoms with Crippen LogP contribution in [0.4, 0.5) is 0 Å². The molecule has 0 aliphatic carbocycles. The van der Waals surface area contributed by atoms with Gasteiger partial charge in [0.05, 0.1) is 5.92 Å². The summed E-state index contributed by atoms with van der Waals surface area (Å²) in [6, 6.07) is 9.15. The van der Waals surface area contributed by atoms with Crippen molar-refractivity contribution in [3.05, 3.63) is 35.4 Å². The minimum atomic E-state index is -0.169. The van der Waals surface area contributed by atoms with Crippen molar-refractivity contribution >= 4 is 35.8 Å². The molecule has 7 nitrogen and oxygen atoms in total. The Hall–Kier alpha value is -1.39. The van der Waals surface area contributed by atoms with Gasteiger partial charge in [0.25, 0.3) is 0 Å². The van der Waals surface area contributed by atoms with Gasteiger partial charge in [0.15, 0.2) is 5.96 Å². The summed E-state index contributed by atoms with van der Waals surface area (Å²) in [6.07, 6.45) is 4.27. The van der Waals surface area contributed by atoms with E-state index < -0.39 is 0 Å². The zero-order valence-electron chi connectivity index (χ0n) is 20.6. The average Bonchev–Trinajstić information content (AvgIpc) is 2.78. The SMILES string of the molecule is CN=C(NCc1cccc(CN2CCCC(C(N)=O)C2)c1)NC1CCN(CC(C)C)CC1.I. The molecular weight excluding hydrogens is 527 g/mol. The number of nitrogens with one attached hydrogen (secondary N) is 2. The summed E-state index contributed by atoms with van der Waals surface area (Å²) < 4.78 is 0. The van der Waals surface area contributed by atoms with Gasteiger partial charge in [-0.05, 0) is 49.3 Å². The Morgan fingerprint density at radius 3 is 2.55 bits per heavy atom. The molecule has 3 rings (SSSR count). The second-order valence-electron chi connectivity index (χ2n) is 9.84. The lowest BCUT2D eigenvalue weighted by Crippen LogP contribution is -2.49. The first-order valence-electron chi connectivity index (χ1n) is 12.2. The van der Waals surface area contributed by atoms with Gasteiger partial charge in [0.2, 0.25) is 5.91 Å². The van der Waals surface area contributed by atoms with Crippen molar-refractivity contribution in [2.75, 3.05) is 39.8 Å². The standard InChI is InChI=1S/C25H42N6O.HI/c1-19(2)16-30-12-9-23(10-13-30)29-25(27-3)28-15-20-6-4-7-21(14-20)17-31-11-5-8-22(18-31)24(26)32;/h4,6-7,14,19,22-23H,5,8-13,15-18H2,1-3H3,(H2,26,32)(H2,27,28,29);1H. The van der Waals surface area contributed by atoms with Gasteiger partial charge in [-0.25, -0.2) is 0 Å². The molecule has 186 valence electrons. The molecule has 8 heteroatoms. The van der Waals surface area contributed by atoms with Gasteiger partial charge >= 0.3 is 0 Å². The number of piperidine rings is 2. The number of primary amides is 1. The first-order valence-corrected chi connectivity index (χ1v) is 12.2. The maximum absolute atomic E-state index is 11.6. The third kappa shape index (κ3) is 9.41. The van der Waals surface area contributed by atoms with Crippen LogP contribution in [0.1, 0.15) is 50.7 Å². The number of hydrogen-bond acceptors (Lipinski definition) is 4. The van der Waals surface area contributed by atoms with E-state index in [0.717, 1.165) is 76.8 Å². The molecule has 33 heavy (non-hydrogen) atoms. The molecule has 1 atom stereocenters. The molecule has 1 unspecified atom stereocenters. The second kappa shape index (κ2) is 14.1. The van der Waals surface area contributed by atoms with Crippen LogP contribution in [-0.2, 0) is 17.9 Å². The van der Waals surface area contributed by atoms with Gasteiger partial charge in [-0.15, -0.1) is 24.0 Å². The van der Waals surface area contributed by atoms with E-state index in [4.69, 9.17) is 5.73 Å². The number of nitrogens with zero attached hydrogens (tertiary/aromatic N) is 3. The highest BCUT2D eigenvalue weighted by Crippen LogP contribution is 2.19. The van der Waals surface area contributed by atoms with Crippen LogP contribution in [0.5, 0.6) is 0 Å². The topological polar surface area (TPSA) is 86.0 Å². The Kier molecular flexibility index (Phi) is 11.9. The summed E-state index contributed by atoms with van der Waals surface area (Å²) >= 11 is 0. The van der Waals surface area contributed by atoms with Crippen molar-refractivity contribution in [1.29, 1.82) is 0 Å². The van der Waals surface area contributed by atoms with Crippen molar-refractivity contribution in [2.45, 2.75) is 58.7 Å². The summed E-state index contributed by atoms with van der Waals surface area (Å²) in [4.78, 5) is 20.9. The number of aliphatic imine (C=N–C) groups is 1. The number of guanidine groups is 1. The molecule has 0 saturated carbocycles. The highest BCUT2D eigenvalue weighted by Gasteiger charge is 2.24. The van der Waals surface area contributed by atoms with Gasteiger partial charge in [-0.1, -0.05) is 38.1 Å². The van der Waals surface area contributed by atoms with Crippen LogP contribution in [-0.4, -0.2) is 67.5 Å². The van der Waals surface area contributed by atoms with Crippen LogP contribution in [0.2, 0.25) is 0 Å². The van der Waals surface area contributed by atoms with Crippen LogP contribution < -0.4 is 16.4 Å². The van der Waals surface area contributed by atoms with Crippen LogP contribution in [0.3, 0.4) is 0 Å². The number of halogens is 1. The highest BCUT2D eigenvalue weighted by molar-refractivity contribution is 14.0. The molecule has 2 heterocycles. The number of hydrogen-bond donors (Lipinski definition) is 3. The minimum Gasteiger partial charge on any atom is -0.369 e. The maximum Gasteiger partial charge on any atom is 0.221 e. The Morgan fingerprint density at radius 2 is 1.88 bits per heavy atom. The van der Waals surface area contributed by atoms with Gasteiger partial charge in [0, 0.05) is 52.4 Å². The summed E-state index contributed by atoms with van der Waals surface area (Å²) in [5.41, 5.74) is 8.04. The predicted molar refractivity (Wildman–Crippen MR) is 147 cm³/mol. The van der Waals surface area contributed by atoms with E-state index in [9.17, 15) is 4.79 Å². The maximum atomic E-state index is 11.6. The molecule has 4 N–H and O–H groups in total. The number of rotatable bonds is 8. The van der Waals surface area contributed by atoms with Gasteiger partial charge in [0.1, 0.15) is 0 Å². The van der Waals surface area contributed by atoms with E-state index in [1.807, 2.05) is 7.05 Å². The van der Waals surface area contributed by atoms with Crippen molar-refractivity contribution in [3.63, 3.8) is 0 Å². The number of likely N-dealkylation sites (tertiary alicyclic amines) is 2. The van der Waals surface area contributed by atoms with E-state index in [-0.39, 0.29) is 35.8 Å². The fourth-order valence-electron chi connectivity index (χ4n) is 4.88. The Labute approximate surface area is 217 Å². The molecule has 0 radical (unpaired) electrons. The molecule has 0 bridgehead atoms. The van der Waals surface area contributed by atoms with Crippen molar-refractivity contribution < 1.29 is 4.79 Å². The van der Waals surface area contributed by atoms with Gasteiger partial charge in [-0.2, -0.15) is 0 Å². The smallest absolute Gasteiger partial charge is 0.221 e. The van der Waals surface area contributed by atoms with Crippen LogP contribution >= 0.6 is 24.0 Å². The zero-order valence-corrected chi connectivity index (χ0v) is 22.9. The number of carbonyl (C=O) groups is 1. The van der Waals surface area contributed by atoms with E-state index >= 15 is 0 Å². The first kappa shape index (κ1) is 27.9. The molecule has 0 spiro atoms. The van der Waals surface area contributed by atoms with E-state index in [2.05, 4.69) is 63.5 Å². The fraction of sp³-hybridized carbons (Fsp3) is 0.680. The number of carbonyl (C=O) groups excluding carboxylic acids is 1. The summed E-state index contributed by atoms with van der Waals surface area (Å²) in [7, 11) is 1.84. The van der Waals surface area contributed by atoms with Crippen LogP contribution in [0.15, 0.2) is 29.3 Å². The van der Waals surface area contributed by atoms with E-state index in [1.165, 1.54) is 17.7 Å². The van der Waals surface area contributed by atoms with Gasteiger partial charge in [-0.3, -0.25) is 14.7 Å². The summed E-state index contributed by atoms with van der Waals surface area (Å²) in [5, 5.41) is 7.09. The normalized spacial score (nSPS) is 21.0. The lowest BCUT2D eigenvalue weighted by atomic mass is 9.97. The molecule has 0 aromatic heterocycles. The molecule has 2 aliphatic heterocycles. The van der Waals surface area contributed by atoms with Crippen molar-refractivity contribution in [1.82, 2.24) is 20.4 Å². The minimum absolute atomic E-state index is 0. The Bertz CT molecular complexity index is 763. The quantitative estimate of drug-likeness (QED) is 0.254. The number of nitrogens with two attached hydrogens (primary N) is 1. The molecule has 1 aromatic carbocycles. The second-order valence-corrected chi connectivity index (χ2v) is 9.84. The number of benzene rings is 1. The van der Waals surface area contributed by atoms with E-state index in [1.54, 1.807) is 0 Å². The molecule has 1 amide bonds. The monoisotopic (exact) mass is 570 g/mol. The largest absolute Gasteiger partial charge is 0.369 e. The third-order valence-electron chi connectivity index (χ3n) is 6.54. The summed E-state index contributed by atoms with van der Waals surface area (Å²) in [5.74, 6) is 1.42. The predicted octanol–water partition coefficient (Wildman–Crippen LogP) is 2.79. The Morgan fingerprint density at radius 1 is 1.15 bits per heavy atom. The zero-order chi connectivity index (χ0) is 22.9.